The van der Waals surface area contributed by atoms with Gasteiger partial charge < -0.3 is 0 Å². The van der Waals surface area contributed by atoms with Gasteiger partial charge in [0.15, 0.2) is 0 Å². The molecule has 0 N–H and O–H groups in total. The quantitative estimate of drug-likeness (QED) is 0.632. The lowest BCUT2D eigenvalue weighted by molar-refractivity contribution is -0.137. The van der Waals surface area contributed by atoms with Gasteiger partial charge in [0.1, 0.15) is 10.7 Å². The highest BCUT2D eigenvalue weighted by atomic mass is 32.1. The van der Waals surface area contributed by atoms with Crippen LogP contribution in [0.15, 0.2) is 35.1 Å². The van der Waals surface area contributed by atoms with Crippen molar-refractivity contribution in [3.05, 3.63) is 62.5 Å². The van der Waals surface area contributed by atoms with E-state index in [-0.39, 0.29) is 5.56 Å². The van der Waals surface area contributed by atoms with Crippen molar-refractivity contribution in [1.82, 2.24) is 9.55 Å². The Labute approximate surface area is 151 Å². The maximum atomic E-state index is 12.7. The third-order valence-electron chi connectivity index (χ3n) is 4.52. The van der Waals surface area contributed by atoms with Crippen LogP contribution < -0.4 is 5.56 Å². The first-order chi connectivity index (χ1) is 12.4. The predicted octanol–water partition coefficient (Wildman–Crippen LogP) is 4.98. The van der Waals surface area contributed by atoms with Gasteiger partial charge >= 0.3 is 6.18 Å². The van der Waals surface area contributed by atoms with Crippen LogP contribution in [-0.4, -0.2) is 9.55 Å². The van der Waals surface area contributed by atoms with Crippen molar-refractivity contribution >= 4 is 33.2 Å². The van der Waals surface area contributed by atoms with E-state index in [0.29, 0.717) is 29.7 Å². The Morgan fingerprint density at radius 3 is 2.65 bits per heavy atom. The summed E-state index contributed by atoms with van der Waals surface area (Å²) in [4.78, 5) is 19.2. The first-order valence-corrected chi connectivity index (χ1v) is 9.10. The molecule has 0 bridgehead atoms. The largest absolute Gasteiger partial charge is 0.416 e. The number of nitrogens with zero attached hydrogens (tertiary/aromatic N) is 2. The van der Waals surface area contributed by atoms with Crippen LogP contribution in [-0.2, 0) is 19.1 Å². The van der Waals surface area contributed by atoms with Crippen molar-refractivity contribution in [2.75, 3.05) is 0 Å². The fourth-order valence-corrected chi connectivity index (χ4v) is 4.10. The van der Waals surface area contributed by atoms with E-state index in [0.717, 1.165) is 33.8 Å². The Hall–Kier alpha value is -2.41. The maximum absolute atomic E-state index is 12.7. The zero-order valence-corrected chi connectivity index (χ0v) is 14.7. The summed E-state index contributed by atoms with van der Waals surface area (Å²) in [6, 6.07) is 6.92. The lowest BCUT2D eigenvalue weighted by Crippen LogP contribution is -2.19. The monoisotopic (exact) mass is 376 g/mol. The van der Waals surface area contributed by atoms with Crippen LogP contribution in [0.4, 0.5) is 13.2 Å². The lowest BCUT2D eigenvalue weighted by atomic mass is 10.1. The summed E-state index contributed by atoms with van der Waals surface area (Å²) in [5.41, 5.74) is 0.816. The molecule has 0 atom stereocenters. The minimum Gasteiger partial charge on any atom is -0.292 e. The van der Waals surface area contributed by atoms with Gasteiger partial charge in [0.2, 0.25) is 0 Å². The molecule has 4 rings (SSSR count). The van der Waals surface area contributed by atoms with E-state index in [4.69, 9.17) is 0 Å². The molecule has 7 heteroatoms. The van der Waals surface area contributed by atoms with Crippen LogP contribution in [0.1, 0.15) is 35.2 Å². The van der Waals surface area contributed by atoms with E-state index < -0.39 is 11.7 Å². The van der Waals surface area contributed by atoms with Crippen LogP contribution >= 0.6 is 11.3 Å². The molecule has 1 aromatic carbocycles. The minimum atomic E-state index is -4.34. The smallest absolute Gasteiger partial charge is 0.292 e. The number of allylic oxidation sites excluding steroid dienone is 1. The number of hydrogen-bond donors (Lipinski definition) is 0. The summed E-state index contributed by atoms with van der Waals surface area (Å²) >= 11 is 1.51. The number of benzene rings is 1. The molecule has 1 aliphatic rings. The van der Waals surface area contributed by atoms with E-state index in [2.05, 4.69) is 4.98 Å². The van der Waals surface area contributed by atoms with Gasteiger partial charge in [-0.3, -0.25) is 9.36 Å². The fourth-order valence-electron chi connectivity index (χ4n) is 3.14. The van der Waals surface area contributed by atoms with Crippen molar-refractivity contribution < 1.29 is 13.2 Å². The van der Waals surface area contributed by atoms with E-state index in [1.54, 1.807) is 4.57 Å². The van der Waals surface area contributed by atoms with Crippen LogP contribution in [0, 0.1) is 0 Å². The standard InChI is InChI=1S/C19H15F3N2OS/c1-2-14-10-15-17(26-14)23-16-12(7-8-24(16)18(15)25)9-11-3-5-13(6-4-11)19(20,21)22/h3-6,9-10H,2,7-8H2,1H3/b12-9+. The van der Waals surface area contributed by atoms with Gasteiger partial charge in [0, 0.05) is 11.4 Å². The van der Waals surface area contributed by atoms with Crippen molar-refractivity contribution in [2.24, 2.45) is 0 Å². The molecule has 134 valence electrons. The maximum Gasteiger partial charge on any atom is 0.416 e. The highest BCUT2D eigenvalue weighted by molar-refractivity contribution is 7.18. The number of thiophene rings is 1. The third-order valence-corrected chi connectivity index (χ3v) is 5.69. The van der Waals surface area contributed by atoms with Crippen LogP contribution in [0.5, 0.6) is 0 Å². The van der Waals surface area contributed by atoms with Gasteiger partial charge in [-0.05, 0) is 48.3 Å². The molecule has 0 aliphatic carbocycles. The van der Waals surface area contributed by atoms with E-state index in [9.17, 15) is 18.0 Å². The Morgan fingerprint density at radius 2 is 2.00 bits per heavy atom. The molecule has 0 radical (unpaired) electrons. The Kier molecular flexibility index (Phi) is 3.99. The minimum absolute atomic E-state index is 0.0447. The van der Waals surface area contributed by atoms with Crippen molar-refractivity contribution in [1.29, 1.82) is 0 Å². The summed E-state index contributed by atoms with van der Waals surface area (Å²) in [6.07, 6.45) is -1.04. The van der Waals surface area contributed by atoms with E-state index in [1.165, 1.54) is 23.5 Å². The number of alkyl halides is 3. The van der Waals surface area contributed by atoms with E-state index >= 15 is 0 Å². The summed E-state index contributed by atoms with van der Waals surface area (Å²) < 4.78 is 39.7. The van der Waals surface area contributed by atoms with E-state index in [1.807, 2.05) is 19.1 Å². The van der Waals surface area contributed by atoms with Gasteiger partial charge in [-0.25, -0.2) is 4.98 Å². The van der Waals surface area contributed by atoms with Gasteiger partial charge in [-0.15, -0.1) is 11.3 Å². The number of aryl methyl sites for hydroxylation is 1. The second-order valence-corrected chi connectivity index (χ2v) is 7.33. The molecule has 3 nitrogen and oxygen atoms in total. The normalized spacial score (nSPS) is 15.8. The van der Waals surface area contributed by atoms with Crippen LogP contribution in [0.2, 0.25) is 0 Å². The average molecular weight is 376 g/mol. The first-order valence-electron chi connectivity index (χ1n) is 8.28. The van der Waals surface area contributed by atoms with Gasteiger partial charge in [0.05, 0.1) is 10.9 Å². The lowest BCUT2D eigenvalue weighted by Gasteiger charge is -2.06. The highest BCUT2D eigenvalue weighted by Crippen LogP contribution is 2.32. The number of rotatable bonds is 2. The molecular weight excluding hydrogens is 361 g/mol. The molecule has 0 spiro atoms. The van der Waals surface area contributed by atoms with Crippen LogP contribution in [0.3, 0.4) is 0 Å². The Morgan fingerprint density at radius 1 is 1.27 bits per heavy atom. The Bertz CT molecular complexity index is 1080. The summed E-state index contributed by atoms with van der Waals surface area (Å²) in [6.45, 7) is 2.58. The van der Waals surface area contributed by atoms with Crippen molar-refractivity contribution in [3.8, 4) is 0 Å². The topological polar surface area (TPSA) is 34.9 Å². The summed E-state index contributed by atoms with van der Waals surface area (Å²) in [5, 5.41) is 0.645. The van der Waals surface area contributed by atoms with Gasteiger partial charge in [-0.2, -0.15) is 13.2 Å². The zero-order valence-electron chi connectivity index (χ0n) is 13.9. The molecule has 0 saturated carbocycles. The zero-order chi connectivity index (χ0) is 18.5. The van der Waals surface area contributed by atoms with Gasteiger partial charge in [0.25, 0.3) is 5.56 Å². The summed E-state index contributed by atoms with van der Waals surface area (Å²) in [7, 11) is 0. The molecule has 3 aromatic rings. The average Bonchev–Trinajstić information content (AvgIpc) is 3.20. The number of hydrogen-bond acceptors (Lipinski definition) is 3. The molecule has 0 saturated heterocycles. The second kappa shape index (κ2) is 6.09. The molecular formula is C19H15F3N2OS. The molecule has 2 aromatic heterocycles. The molecule has 0 amide bonds. The summed E-state index contributed by atoms with van der Waals surface area (Å²) in [5.74, 6) is 0.618. The fraction of sp³-hybridized carbons (Fsp3) is 0.263. The second-order valence-electron chi connectivity index (χ2n) is 6.22. The van der Waals surface area contributed by atoms with Gasteiger partial charge in [-0.1, -0.05) is 19.1 Å². The van der Waals surface area contributed by atoms with Crippen LogP contribution in [0.25, 0.3) is 21.9 Å². The SMILES string of the molecule is CCc1cc2c(=O)n3c(nc2s1)/C(=C/c1ccc(C(F)(F)F)cc1)CC3. The third kappa shape index (κ3) is 2.86. The number of aromatic nitrogens is 2. The molecule has 0 unspecified atom stereocenters. The number of halogens is 3. The number of fused-ring (bicyclic) bond motifs is 2. The first kappa shape index (κ1) is 17.0. The molecule has 0 fully saturated rings. The predicted molar refractivity (Wildman–Crippen MR) is 97.2 cm³/mol. The molecule has 26 heavy (non-hydrogen) atoms. The molecule has 1 aliphatic heterocycles. The van der Waals surface area contributed by atoms with Crippen molar-refractivity contribution in [3.63, 3.8) is 0 Å². The molecule has 3 heterocycles. The highest BCUT2D eigenvalue weighted by Gasteiger charge is 2.30. The Balaban J connectivity index is 1.76. The van der Waals surface area contributed by atoms with Crippen molar-refractivity contribution in [2.45, 2.75) is 32.5 Å².